The van der Waals surface area contributed by atoms with Crippen LogP contribution in [0.25, 0.3) is 0 Å². The smallest absolute Gasteiger partial charge is 0.170 e. The van der Waals surface area contributed by atoms with Crippen molar-refractivity contribution in [1.82, 2.24) is 4.98 Å². The van der Waals surface area contributed by atoms with E-state index in [1.54, 1.807) is 18.5 Å². The monoisotopic (exact) mass is 225 g/mol. The van der Waals surface area contributed by atoms with Crippen LogP contribution in [-0.4, -0.2) is 10.8 Å². The second-order valence-electron chi connectivity index (χ2n) is 4.01. The molecule has 2 aromatic rings. The molecule has 1 aliphatic rings. The van der Waals surface area contributed by atoms with Crippen LogP contribution in [0, 0.1) is 0 Å². The average Bonchev–Trinajstić information content (AvgIpc) is 2.40. The first-order valence-corrected chi connectivity index (χ1v) is 5.53. The Morgan fingerprint density at radius 2 is 1.88 bits per heavy atom. The Bertz CT molecular complexity index is 551. The first-order valence-electron chi connectivity index (χ1n) is 5.53. The van der Waals surface area contributed by atoms with Gasteiger partial charge in [0, 0.05) is 12.4 Å². The van der Waals surface area contributed by atoms with E-state index in [4.69, 9.17) is 4.74 Å². The van der Waals surface area contributed by atoms with Crippen LogP contribution in [0.4, 0.5) is 0 Å². The number of pyridine rings is 1. The van der Waals surface area contributed by atoms with Gasteiger partial charge in [-0.05, 0) is 29.8 Å². The summed E-state index contributed by atoms with van der Waals surface area (Å²) in [5, 5.41) is 0. The number of aromatic nitrogens is 1. The van der Waals surface area contributed by atoms with E-state index in [9.17, 15) is 4.79 Å². The van der Waals surface area contributed by atoms with E-state index in [1.165, 1.54) is 0 Å². The summed E-state index contributed by atoms with van der Waals surface area (Å²) in [6.07, 6.45) is 3.62. The lowest BCUT2D eigenvalue weighted by Crippen LogP contribution is -2.20. The molecular weight excluding hydrogens is 214 g/mol. The quantitative estimate of drug-likeness (QED) is 0.749. The second kappa shape index (κ2) is 4.01. The van der Waals surface area contributed by atoms with Crippen LogP contribution < -0.4 is 4.74 Å². The molecule has 0 unspecified atom stereocenters. The zero-order valence-corrected chi connectivity index (χ0v) is 9.17. The van der Waals surface area contributed by atoms with Gasteiger partial charge in [0.1, 0.15) is 11.9 Å². The standard InChI is InChI=1S/C14H11NO2/c16-12-9-14(10-5-7-15-8-6-10)17-13-4-2-1-3-11(12)13/h1-8,14H,9H2/t14-/m0/s1. The van der Waals surface area contributed by atoms with Gasteiger partial charge in [-0.15, -0.1) is 0 Å². The lowest BCUT2D eigenvalue weighted by molar-refractivity contribution is 0.0850. The summed E-state index contributed by atoms with van der Waals surface area (Å²) in [6.45, 7) is 0. The number of carbonyl (C=O) groups excluding carboxylic acids is 1. The summed E-state index contributed by atoms with van der Waals surface area (Å²) in [4.78, 5) is 15.9. The highest BCUT2D eigenvalue weighted by molar-refractivity contribution is 5.99. The molecule has 0 N–H and O–H groups in total. The first kappa shape index (κ1) is 10.0. The molecule has 0 bridgehead atoms. The van der Waals surface area contributed by atoms with Crippen molar-refractivity contribution in [2.24, 2.45) is 0 Å². The minimum absolute atomic E-state index is 0.133. The van der Waals surface area contributed by atoms with E-state index in [1.807, 2.05) is 30.3 Å². The van der Waals surface area contributed by atoms with Gasteiger partial charge in [-0.2, -0.15) is 0 Å². The molecule has 0 amide bonds. The second-order valence-corrected chi connectivity index (χ2v) is 4.01. The molecule has 2 heterocycles. The molecular formula is C14H11NO2. The third kappa shape index (κ3) is 1.80. The molecule has 0 fully saturated rings. The number of benzene rings is 1. The highest BCUT2D eigenvalue weighted by Crippen LogP contribution is 2.34. The average molecular weight is 225 g/mol. The Hall–Kier alpha value is -2.16. The fourth-order valence-electron chi connectivity index (χ4n) is 2.04. The highest BCUT2D eigenvalue weighted by Gasteiger charge is 2.26. The molecule has 1 aromatic heterocycles. The maximum Gasteiger partial charge on any atom is 0.170 e. The predicted octanol–water partition coefficient (Wildman–Crippen LogP) is 2.79. The highest BCUT2D eigenvalue weighted by atomic mass is 16.5. The third-order valence-electron chi connectivity index (χ3n) is 2.91. The summed E-state index contributed by atoms with van der Waals surface area (Å²) in [5.41, 5.74) is 1.67. The van der Waals surface area contributed by atoms with E-state index in [-0.39, 0.29) is 11.9 Å². The maximum absolute atomic E-state index is 12.0. The summed E-state index contributed by atoms with van der Waals surface area (Å²) >= 11 is 0. The van der Waals surface area contributed by atoms with Crippen LogP contribution in [0.15, 0.2) is 48.8 Å². The summed E-state index contributed by atoms with van der Waals surface area (Å²) in [7, 11) is 0. The van der Waals surface area contributed by atoms with Crippen molar-refractivity contribution in [2.75, 3.05) is 0 Å². The molecule has 0 saturated carbocycles. The SMILES string of the molecule is O=C1C[C@@H](c2ccncc2)Oc2ccccc21. The Morgan fingerprint density at radius 3 is 2.71 bits per heavy atom. The molecule has 0 radical (unpaired) electrons. The van der Waals surface area contributed by atoms with Gasteiger partial charge < -0.3 is 4.74 Å². The molecule has 0 spiro atoms. The van der Waals surface area contributed by atoms with Gasteiger partial charge in [0.15, 0.2) is 5.78 Å². The van der Waals surface area contributed by atoms with E-state index in [0.717, 1.165) is 5.56 Å². The molecule has 3 nitrogen and oxygen atoms in total. The molecule has 1 aromatic carbocycles. The number of hydrogen-bond donors (Lipinski definition) is 0. The molecule has 1 atom stereocenters. The molecule has 0 saturated heterocycles. The number of rotatable bonds is 1. The Kier molecular flexibility index (Phi) is 2.37. The number of para-hydroxylation sites is 1. The van der Waals surface area contributed by atoms with Gasteiger partial charge in [0.2, 0.25) is 0 Å². The van der Waals surface area contributed by atoms with Crippen LogP contribution >= 0.6 is 0 Å². The van der Waals surface area contributed by atoms with Crippen LogP contribution in [-0.2, 0) is 0 Å². The fraction of sp³-hybridized carbons (Fsp3) is 0.143. The predicted molar refractivity (Wildman–Crippen MR) is 63.0 cm³/mol. The summed E-state index contributed by atoms with van der Waals surface area (Å²) < 4.78 is 5.84. The number of fused-ring (bicyclic) bond motifs is 1. The van der Waals surface area contributed by atoms with Gasteiger partial charge in [0.25, 0.3) is 0 Å². The van der Waals surface area contributed by atoms with E-state index >= 15 is 0 Å². The zero-order chi connectivity index (χ0) is 11.7. The number of ketones is 1. The van der Waals surface area contributed by atoms with Crippen LogP contribution in [0.1, 0.15) is 28.4 Å². The van der Waals surface area contributed by atoms with Crippen LogP contribution in [0.3, 0.4) is 0 Å². The fourth-order valence-corrected chi connectivity index (χ4v) is 2.04. The number of Topliss-reactive ketones (excluding diaryl/α,β-unsaturated/α-hetero) is 1. The van der Waals surface area contributed by atoms with Crippen molar-refractivity contribution in [3.8, 4) is 5.75 Å². The van der Waals surface area contributed by atoms with Crippen LogP contribution in [0.2, 0.25) is 0 Å². The van der Waals surface area contributed by atoms with Gasteiger partial charge in [-0.25, -0.2) is 0 Å². The summed E-state index contributed by atoms with van der Waals surface area (Å²) in [5.74, 6) is 0.805. The van der Waals surface area contributed by atoms with Crippen molar-refractivity contribution < 1.29 is 9.53 Å². The maximum atomic E-state index is 12.0. The van der Waals surface area contributed by atoms with Crippen molar-refractivity contribution in [3.63, 3.8) is 0 Å². The lowest BCUT2D eigenvalue weighted by atomic mass is 9.97. The van der Waals surface area contributed by atoms with Crippen molar-refractivity contribution in [2.45, 2.75) is 12.5 Å². The van der Waals surface area contributed by atoms with Gasteiger partial charge in [-0.1, -0.05) is 12.1 Å². The molecule has 0 aliphatic carbocycles. The van der Waals surface area contributed by atoms with Gasteiger partial charge >= 0.3 is 0 Å². The third-order valence-corrected chi connectivity index (χ3v) is 2.91. The Balaban J connectivity index is 1.97. The molecule has 84 valence electrons. The lowest BCUT2D eigenvalue weighted by Gasteiger charge is -2.25. The minimum atomic E-state index is -0.194. The number of nitrogens with zero attached hydrogens (tertiary/aromatic N) is 1. The Morgan fingerprint density at radius 1 is 1.12 bits per heavy atom. The van der Waals surface area contributed by atoms with E-state index < -0.39 is 0 Å². The minimum Gasteiger partial charge on any atom is -0.484 e. The summed E-state index contributed by atoms with van der Waals surface area (Å²) in [6, 6.07) is 11.1. The normalized spacial score (nSPS) is 18.4. The molecule has 3 heteroatoms. The largest absolute Gasteiger partial charge is 0.484 e. The van der Waals surface area contributed by atoms with Gasteiger partial charge in [-0.3, -0.25) is 9.78 Å². The van der Waals surface area contributed by atoms with Crippen LogP contribution in [0.5, 0.6) is 5.75 Å². The molecule has 3 rings (SSSR count). The van der Waals surface area contributed by atoms with E-state index in [2.05, 4.69) is 4.98 Å². The molecule has 17 heavy (non-hydrogen) atoms. The zero-order valence-electron chi connectivity index (χ0n) is 9.17. The number of ether oxygens (including phenoxy) is 1. The van der Waals surface area contributed by atoms with Crippen molar-refractivity contribution in [3.05, 3.63) is 59.9 Å². The van der Waals surface area contributed by atoms with Gasteiger partial charge in [0.05, 0.1) is 12.0 Å². The molecule has 1 aliphatic heterocycles. The topological polar surface area (TPSA) is 39.2 Å². The number of carbonyl (C=O) groups is 1. The Labute approximate surface area is 99.1 Å². The van der Waals surface area contributed by atoms with E-state index in [0.29, 0.717) is 17.7 Å². The first-order chi connectivity index (χ1) is 8.34. The van der Waals surface area contributed by atoms with Crippen molar-refractivity contribution in [1.29, 1.82) is 0 Å². The van der Waals surface area contributed by atoms with Crippen molar-refractivity contribution >= 4 is 5.78 Å². The number of hydrogen-bond acceptors (Lipinski definition) is 3.